The van der Waals surface area contributed by atoms with Gasteiger partial charge in [-0.3, -0.25) is 4.79 Å². The summed E-state index contributed by atoms with van der Waals surface area (Å²) >= 11 is 7.69. The van der Waals surface area contributed by atoms with Gasteiger partial charge in [0.05, 0.1) is 16.0 Å². The van der Waals surface area contributed by atoms with Crippen molar-refractivity contribution in [3.63, 3.8) is 0 Å². The standard InChI is InChI=1S/C18H20ClNOS/c1-12-8-9-13(2)15(10-12)11-22-14(3)18(21)20-17-7-5-4-6-16(17)19/h4-10,14H,11H2,1-3H3,(H,20,21). The number of anilines is 1. The van der Waals surface area contributed by atoms with Crippen LogP contribution in [-0.4, -0.2) is 11.2 Å². The highest BCUT2D eigenvalue weighted by Crippen LogP contribution is 2.24. The average Bonchev–Trinajstić information content (AvgIpc) is 2.50. The van der Waals surface area contributed by atoms with Gasteiger partial charge in [0.1, 0.15) is 0 Å². The van der Waals surface area contributed by atoms with Gasteiger partial charge >= 0.3 is 0 Å². The Labute approximate surface area is 141 Å². The number of para-hydroxylation sites is 1. The van der Waals surface area contributed by atoms with Gasteiger partial charge in [0.15, 0.2) is 0 Å². The third-order valence-corrected chi connectivity index (χ3v) is 5.02. The maximum absolute atomic E-state index is 12.2. The number of amides is 1. The second-order valence-corrected chi connectivity index (χ2v) is 7.09. The van der Waals surface area contributed by atoms with Crippen LogP contribution in [0, 0.1) is 13.8 Å². The van der Waals surface area contributed by atoms with Crippen molar-refractivity contribution in [1.82, 2.24) is 0 Å². The molecule has 0 saturated carbocycles. The van der Waals surface area contributed by atoms with E-state index in [0.717, 1.165) is 5.75 Å². The van der Waals surface area contributed by atoms with E-state index < -0.39 is 0 Å². The minimum atomic E-state index is -0.142. The highest BCUT2D eigenvalue weighted by Gasteiger charge is 2.15. The van der Waals surface area contributed by atoms with Crippen molar-refractivity contribution in [2.75, 3.05) is 5.32 Å². The Hall–Kier alpha value is -1.45. The number of benzene rings is 2. The van der Waals surface area contributed by atoms with E-state index in [1.807, 2.05) is 25.1 Å². The largest absolute Gasteiger partial charge is 0.324 e. The summed E-state index contributed by atoms with van der Waals surface area (Å²) in [7, 11) is 0. The highest BCUT2D eigenvalue weighted by molar-refractivity contribution is 7.99. The van der Waals surface area contributed by atoms with Gasteiger partial charge in [-0.2, -0.15) is 0 Å². The minimum Gasteiger partial charge on any atom is -0.324 e. The van der Waals surface area contributed by atoms with E-state index in [1.165, 1.54) is 16.7 Å². The Morgan fingerprint density at radius 2 is 1.95 bits per heavy atom. The lowest BCUT2D eigenvalue weighted by atomic mass is 10.1. The molecule has 0 heterocycles. The normalized spacial score (nSPS) is 12.0. The van der Waals surface area contributed by atoms with Crippen molar-refractivity contribution >= 4 is 35.0 Å². The first-order valence-electron chi connectivity index (χ1n) is 7.20. The third kappa shape index (κ3) is 4.52. The number of carbonyl (C=O) groups is 1. The summed E-state index contributed by atoms with van der Waals surface area (Å²) in [6.07, 6.45) is 0. The molecule has 0 spiro atoms. The van der Waals surface area contributed by atoms with E-state index in [0.29, 0.717) is 10.7 Å². The zero-order chi connectivity index (χ0) is 16.1. The quantitative estimate of drug-likeness (QED) is 0.813. The number of halogens is 1. The molecule has 1 amide bonds. The molecule has 2 rings (SSSR count). The number of aryl methyl sites for hydroxylation is 2. The molecule has 0 aromatic heterocycles. The number of carbonyl (C=O) groups excluding carboxylic acids is 1. The Morgan fingerprint density at radius 3 is 2.68 bits per heavy atom. The van der Waals surface area contributed by atoms with Gasteiger partial charge < -0.3 is 5.32 Å². The van der Waals surface area contributed by atoms with Crippen LogP contribution < -0.4 is 5.32 Å². The molecule has 0 aliphatic rings. The summed E-state index contributed by atoms with van der Waals surface area (Å²) < 4.78 is 0. The Kier molecular flexibility index (Phi) is 5.92. The molecular weight excluding hydrogens is 314 g/mol. The van der Waals surface area contributed by atoms with Gasteiger partial charge in [-0.15, -0.1) is 11.8 Å². The molecule has 1 atom stereocenters. The van der Waals surface area contributed by atoms with Crippen LogP contribution in [0.25, 0.3) is 0 Å². The molecule has 1 unspecified atom stereocenters. The Balaban J connectivity index is 1.94. The molecule has 0 saturated heterocycles. The van der Waals surface area contributed by atoms with Crippen LogP contribution >= 0.6 is 23.4 Å². The average molecular weight is 334 g/mol. The highest BCUT2D eigenvalue weighted by atomic mass is 35.5. The monoisotopic (exact) mass is 333 g/mol. The first kappa shape index (κ1) is 16.9. The lowest BCUT2D eigenvalue weighted by molar-refractivity contribution is -0.115. The van der Waals surface area contributed by atoms with E-state index in [-0.39, 0.29) is 11.2 Å². The van der Waals surface area contributed by atoms with Crippen molar-refractivity contribution in [3.05, 3.63) is 64.2 Å². The Morgan fingerprint density at radius 1 is 1.23 bits per heavy atom. The van der Waals surface area contributed by atoms with Crippen molar-refractivity contribution in [2.24, 2.45) is 0 Å². The predicted molar refractivity (Wildman–Crippen MR) is 96.8 cm³/mol. The van der Waals surface area contributed by atoms with Gasteiger partial charge in [0, 0.05) is 5.75 Å². The SMILES string of the molecule is Cc1ccc(C)c(CSC(C)C(=O)Nc2ccccc2Cl)c1. The van der Waals surface area contributed by atoms with Crippen molar-refractivity contribution in [3.8, 4) is 0 Å². The van der Waals surface area contributed by atoms with Gasteiger partial charge in [0.25, 0.3) is 0 Å². The maximum atomic E-state index is 12.2. The molecule has 0 fully saturated rings. The summed E-state index contributed by atoms with van der Waals surface area (Å²) in [5, 5.41) is 3.30. The maximum Gasteiger partial charge on any atom is 0.237 e. The number of nitrogens with one attached hydrogen (secondary N) is 1. The van der Waals surface area contributed by atoms with Crippen LogP contribution in [0.1, 0.15) is 23.6 Å². The van der Waals surface area contributed by atoms with Gasteiger partial charge in [-0.25, -0.2) is 0 Å². The van der Waals surface area contributed by atoms with Gasteiger partial charge in [-0.1, -0.05) is 47.5 Å². The number of hydrogen-bond donors (Lipinski definition) is 1. The van der Waals surface area contributed by atoms with Crippen LogP contribution in [0.15, 0.2) is 42.5 Å². The van der Waals surface area contributed by atoms with E-state index in [1.54, 1.807) is 17.8 Å². The molecule has 0 aliphatic heterocycles. The molecular formula is C18H20ClNOS. The van der Waals surface area contributed by atoms with Crippen molar-refractivity contribution in [1.29, 1.82) is 0 Å². The summed E-state index contributed by atoms with van der Waals surface area (Å²) in [6.45, 7) is 6.10. The summed E-state index contributed by atoms with van der Waals surface area (Å²) in [5.74, 6) is 0.799. The molecule has 1 N–H and O–H groups in total. The summed E-state index contributed by atoms with van der Waals surface area (Å²) in [6, 6.07) is 13.7. The number of rotatable bonds is 5. The zero-order valence-corrected chi connectivity index (χ0v) is 14.6. The molecule has 0 bridgehead atoms. The molecule has 22 heavy (non-hydrogen) atoms. The first-order valence-corrected chi connectivity index (χ1v) is 8.63. The predicted octanol–water partition coefficient (Wildman–Crippen LogP) is 5.22. The number of hydrogen-bond acceptors (Lipinski definition) is 2. The summed E-state index contributed by atoms with van der Waals surface area (Å²) in [5.41, 5.74) is 4.45. The van der Waals surface area contributed by atoms with E-state index in [4.69, 9.17) is 11.6 Å². The van der Waals surface area contributed by atoms with Crippen LogP contribution in [-0.2, 0) is 10.5 Å². The van der Waals surface area contributed by atoms with E-state index in [9.17, 15) is 4.79 Å². The fourth-order valence-electron chi connectivity index (χ4n) is 2.04. The van der Waals surface area contributed by atoms with Crippen molar-refractivity contribution < 1.29 is 4.79 Å². The van der Waals surface area contributed by atoms with Crippen LogP contribution in [0.4, 0.5) is 5.69 Å². The lowest BCUT2D eigenvalue weighted by Crippen LogP contribution is -2.22. The first-order chi connectivity index (χ1) is 10.5. The topological polar surface area (TPSA) is 29.1 Å². The molecule has 0 aliphatic carbocycles. The van der Waals surface area contributed by atoms with Gasteiger partial charge in [0.2, 0.25) is 5.91 Å². The van der Waals surface area contributed by atoms with Crippen LogP contribution in [0.2, 0.25) is 5.02 Å². The second-order valence-electron chi connectivity index (χ2n) is 5.35. The molecule has 2 nitrogen and oxygen atoms in total. The molecule has 2 aromatic carbocycles. The minimum absolute atomic E-state index is 0.0246. The summed E-state index contributed by atoms with van der Waals surface area (Å²) in [4.78, 5) is 12.2. The third-order valence-electron chi connectivity index (χ3n) is 3.49. The van der Waals surface area contributed by atoms with Gasteiger partial charge in [-0.05, 0) is 44.0 Å². The van der Waals surface area contributed by atoms with E-state index in [2.05, 4.69) is 37.4 Å². The fourth-order valence-corrected chi connectivity index (χ4v) is 3.18. The van der Waals surface area contributed by atoms with E-state index >= 15 is 0 Å². The Bertz CT molecular complexity index is 672. The fraction of sp³-hybridized carbons (Fsp3) is 0.278. The lowest BCUT2D eigenvalue weighted by Gasteiger charge is -2.14. The molecule has 116 valence electrons. The number of thioether (sulfide) groups is 1. The smallest absolute Gasteiger partial charge is 0.237 e. The van der Waals surface area contributed by atoms with Crippen LogP contribution in [0.3, 0.4) is 0 Å². The molecule has 0 radical (unpaired) electrons. The molecule has 4 heteroatoms. The second kappa shape index (κ2) is 7.70. The van der Waals surface area contributed by atoms with Crippen LogP contribution in [0.5, 0.6) is 0 Å². The van der Waals surface area contributed by atoms with Crippen molar-refractivity contribution in [2.45, 2.75) is 31.8 Å². The zero-order valence-electron chi connectivity index (χ0n) is 13.0. The molecule has 2 aromatic rings.